The maximum absolute atomic E-state index is 11.5. The van der Waals surface area contributed by atoms with Crippen LogP contribution in [0.4, 0.5) is 0 Å². The SMILES string of the molecule is Cc1c(I)ccc2c1C(=O)N=CC2. The minimum absolute atomic E-state index is 0.0998. The van der Waals surface area contributed by atoms with Gasteiger partial charge in [-0.3, -0.25) is 4.79 Å². The summed E-state index contributed by atoms with van der Waals surface area (Å²) in [5, 5.41) is 0. The van der Waals surface area contributed by atoms with Gasteiger partial charge in [-0.15, -0.1) is 0 Å². The normalized spacial score (nSPS) is 14.5. The van der Waals surface area contributed by atoms with Crippen LogP contribution in [0.3, 0.4) is 0 Å². The smallest absolute Gasteiger partial charge is 0.267 e. The number of nitrogens with zero attached hydrogens (tertiary/aromatic N) is 1. The molecular weight excluding hydrogens is 277 g/mol. The molecular formula is C10H8INO. The van der Waals surface area contributed by atoms with Crippen molar-refractivity contribution in [3.8, 4) is 0 Å². The monoisotopic (exact) mass is 285 g/mol. The summed E-state index contributed by atoms with van der Waals surface area (Å²) in [5.74, 6) is -0.0998. The van der Waals surface area contributed by atoms with E-state index in [1.54, 1.807) is 6.21 Å². The Morgan fingerprint density at radius 2 is 2.23 bits per heavy atom. The van der Waals surface area contributed by atoms with Crippen molar-refractivity contribution in [2.24, 2.45) is 4.99 Å². The minimum Gasteiger partial charge on any atom is -0.267 e. The van der Waals surface area contributed by atoms with Crippen molar-refractivity contribution in [3.63, 3.8) is 0 Å². The number of benzene rings is 1. The molecule has 0 bridgehead atoms. The number of rotatable bonds is 0. The summed E-state index contributed by atoms with van der Waals surface area (Å²) < 4.78 is 1.13. The number of halogens is 1. The highest BCUT2D eigenvalue weighted by Gasteiger charge is 2.17. The van der Waals surface area contributed by atoms with Crippen LogP contribution in [0.5, 0.6) is 0 Å². The fourth-order valence-electron chi connectivity index (χ4n) is 1.50. The van der Waals surface area contributed by atoms with Gasteiger partial charge in [0.05, 0.1) is 0 Å². The fourth-order valence-corrected chi connectivity index (χ4v) is 1.95. The van der Waals surface area contributed by atoms with Crippen LogP contribution in [0.2, 0.25) is 0 Å². The molecule has 1 aliphatic rings. The maximum Gasteiger partial charge on any atom is 0.277 e. The lowest BCUT2D eigenvalue weighted by atomic mass is 9.98. The van der Waals surface area contributed by atoms with Gasteiger partial charge in [-0.1, -0.05) is 6.07 Å². The number of fused-ring (bicyclic) bond motifs is 1. The van der Waals surface area contributed by atoms with Crippen LogP contribution in [-0.4, -0.2) is 12.1 Å². The molecule has 0 atom stereocenters. The Balaban J connectivity index is 2.70. The van der Waals surface area contributed by atoms with E-state index in [4.69, 9.17) is 0 Å². The van der Waals surface area contributed by atoms with E-state index < -0.39 is 0 Å². The van der Waals surface area contributed by atoms with Gasteiger partial charge in [0, 0.05) is 21.8 Å². The van der Waals surface area contributed by atoms with E-state index in [1.807, 2.05) is 19.1 Å². The summed E-state index contributed by atoms with van der Waals surface area (Å²) >= 11 is 2.24. The lowest BCUT2D eigenvalue weighted by Gasteiger charge is -2.12. The zero-order chi connectivity index (χ0) is 9.42. The van der Waals surface area contributed by atoms with Crippen molar-refractivity contribution >= 4 is 34.7 Å². The van der Waals surface area contributed by atoms with Gasteiger partial charge in [0.25, 0.3) is 5.91 Å². The minimum atomic E-state index is -0.0998. The topological polar surface area (TPSA) is 29.4 Å². The molecule has 1 aliphatic heterocycles. The summed E-state index contributed by atoms with van der Waals surface area (Å²) in [6.45, 7) is 1.97. The van der Waals surface area contributed by atoms with Crippen molar-refractivity contribution in [3.05, 3.63) is 32.4 Å². The third-order valence-corrected chi connectivity index (χ3v) is 3.39. The molecule has 0 unspecified atom stereocenters. The predicted octanol–water partition coefficient (Wildman–Crippen LogP) is 2.37. The zero-order valence-corrected chi connectivity index (χ0v) is 9.33. The van der Waals surface area contributed by atoms with Gasteiger partial charge in [-0.2, -0.15) is 0 Å². The van der Waals surface area contributed by atoms with Gasteiger partial charge < -0.3 is 0 Å². The quantitative estimate of drug-likeness (QED) is 0.673. The average Bonchev–Trinajstić information content (AvgIpc) is 2.12. The van der Waals surface area contributed by atoms with Crippen molar-refractivity contribution in [2.45, 2.75) is 13.3 Å². The first-order chi connectivity index (χ1) is 6.20. The highest BCUT2D eigenvalue weighted by Crippen LogP contribution is 2.23. The first-order valence-electron chi connectivity index (χ1n) is 4.05. The van der Waals surface area contributed by atoms with E-state index in [2.05, 4.69) is 27.6 Å². The second-order valence-electron chi connectivity index (χ2n) is 3.03. The first kappa shape index (κ1) is 8.87. The highest BCUT2D eigenvalue weighted by atomic mass is 127. The molecule has 13 heavy (non-hydrogen) atoms. The number of aliphatic imine (C=N–C) groups is 1. The number of hydrogen-bond donors (Lipinski definition) is 0. The molecule has 0 radical (unpaired) electrons. The second kappa shape index (κ2) is 3.21. The molecule has 1 aromatic rings. The second-order valence-corrected chi connectivity index (χ2v) is 4.19. The molecule has 0 aliphatic carbocycles. The number of carbonyl (C=O) groups excluding carboxylic acids is 1. The van der Waals surface area contributed by atoms with Gasteiger partial charge in [0.15, 0.2) is 0 Å². The van der Waals surface area contributed by atoms with Crippen LogP contribution in [-0.2, 0) is 6.42 Å². The fraction of sp³-hybridized carbons (Fsp3) is 0.200. The predicted molar refractivity (Wildman–Crippen MR) is 60.4 cm³/mol. The van der Waals surface area contributed by atoms with Crippen LogP contribution in [0.15, 0.2) is 17.1 Å². The Kier molecular flexibility index (Phi) is 2.19. The van der Waals surface area contributed by atoms with Gasteiger partial charge in [0.2, 0.25) is 0 Å². The Morgan fingerprint density at radius 3 is 3.00 bits per heavy atom. The summed E-state index contributed by atoms with van der Waals surface area (Å²) in [6, 6.07) is 4.05. The largest absolute Gasteiger partial charge is 0.277 e. The molecule has 0 spiro atoms. The van der Waals surface area contributed by atoms with E-state index in [9.17, 15) is 4.79 Å². The Bertz CT molecular complexity index is 410. The maximum atomic E-state index is 11.5. The molecule has 2 nitrogen and oxygen atoms in total. The highest BCUT2D eigenvalue weighted by molar-refractivity contribution is 14.1. The van der Waals surface area contributed by atoms with Gasteiger partial charge in [-0.05, 0) is 46.7 Å². The number of hydrogen-bond acceptors (Lipinski definition) is 1. The van der Waals surface area contributed by atoms with Gasteiger partial charge >= 0.3 is 0 Å². The van der Waals surface area contributed by atoms with E-state index in [0.717, 1.165) is 26.7 Å². The number of carbonyl (C=O) groups is 1. The molecule has 0 N–H and O–H groups in total. The van der Waals surface area contributed by atoms with Crippen LogP contribution in [0.25, 0.3) is 0 Å². The zero-order valence-electron chi connectivity index (χ0n) is 7.17. The van der Waals surface area contributed by atoms with Crippen molar-refractivity contribution in [1.29, 1.82) is 0 Å². The number of amides is 1. The summed E-state index contributed by atoms with van der Waals surface area (Å²) in [7, 11) is 0. The molecule has 1 aromatic carbocycles. The molecule has 0 aromatic heterocycles. The molecule has 3 heteroatoms. The van der Waals surface area contributed by atoms with E-state index in [-0.39, 0.29) is 5.91 Å². The van der Waals surface area contributed by atoms with Crippen LogP contribution in [0, 0.1) is 10.5 Å². The molecule has 0 saturated carbocycles. The van der Waals surface area contributed by atoms with E-state index in [1.165, 1.54) is 0 Å². The van der Waals surface area contributed by atoms with Gasteiger partial charge in [0.1, 0.15) is 0 Å². The molecule has 0 saturated heterocycles. The molecule has 66 valence electrons. The molecule has 2 rings (SSSR count). The van der Waals surface area contributed by atoms with Crippen molar-refractivity contribution < 1.29 is 4.79 Å². The molecule has 1 amide bonds. The van der Waals surface area contributed by atoms with Crippen LogP contribution >= 0.6 is 22.6 Å². The first-order valence-corrected chi connectivity index (χ1v) is 5.13. The third kappa shape index (κ3) is 1.41. The van der Waals surface area contributed by atoms with Crippen molar-refractivity contribution in [2.75, 3.05) is 0 Å². The lowest BCUT2D eigenvalue weighted by Crippen LogP contribution is -2.11. The molecule has 1 heterocycles. The standard InChI is InChI=1S/C10H8INO/c1-6-8(11)3-2-7-4-5-12-10(13)9(6)7/h2-3,5H,4H2,1H3. The Morgan fingerprint density at radius 1 is 1.46 bits per heavy atom. The average molecular weight is 285 g/mol. The lowest BCUT2D eigenvalue weighted by molar-refractivity contribution is 0.1000. The van der Waals surface area contributed by atoms with Crippen LogP contribution < -0.4 is 0 Å². The summed E-state index contributed by atoms with van der Waals surface area (Å²) in [6.07, 6.45) is 2.45. The van der Waals surface area contributed by atoms with E-state index in [0.29, 0.717) is 0 Å². The van der Waals surface area contributed by atoms with E-state index >= 15 is 0 Å². The Hall–Kier alpha value is -0.710. The summed E-state index contributed by atoms with van der Waals surface area (Å²) in [4.78, 5) is 15.3. The summed E-state index contributed by atoms with van der Waals surface area (Å²) in [5.41, 5.74) is 2.95. The third-order valence-electron chi connectivity index (χ3n) is 2.22. The van der Waals surface area contributed by atoms with Crippen molar-refractivity contribution in [1.82, 2.24) is 0 Å². The molecule has 0 fully saturated rings. The van der Waals surface area contributed by atoms with Crippen LogP contribution in [0.1, 0.15) is 21.5 Å². The van der Waals surface area contributed by atoms with Gasteiger partial charge in [-0.25, -0.2) is 4.99 Å². The Labute approximate surface area is 90.2 Å².